The van der Waals surface area contributed by atoms with Gasteiger partial charge in [-0.15, -0.1) is 13.2 Å². The predicted octanol–water partition coefficient (Wildman–Crippen LogP) is 3.95. The van der Waals surface area contributed by atoms with Crippen LogP contribution in [-0.2, 0) is 8.26 Å². The molecule has 0 aromatic heterocycles. The number of hydrogen-bond acceptors (Lipinski definition) is 3. The zero-order chi connectivity index (χ0) is 13.7. The summed E-state index contributed by atoms with van der Waals surface area (Å²) in [5.41, 5.74) is 0. The summed E-state index contributed by atoms with van der Waals surface area (Å²) in [4.78, 5) is 0. The Morgan fingerprint density at radius 3 is 2.00 bits per heavy atom. The molecule has 0 N–H and O–H groups in total. The van der Waals surface area contributed by atoms with Crippen LogP contribution in [0.15, 0.2) is 24.3 Å². The van der Waals surface area contributed by atoms with Gasteiger partial charge < -0.3 is 4.74 Å². The fourth-order valence-corrected chi connectivity index (χ4v) is 0.844. The van der Waals surface area contributed by atoms with Gasteiger partial charge in [-0.2, -0.15) is 8.42 Å². The highest BCUT2D eigenvalue weighted by Crippen LogP contribution is 2.24. The first-order valence-corrected chi connectivity index (χ1v) is 7.14. The van der Waals surface area contributed by atoms with Crippen molar-refractivity contribution in [3.8, 4) is 5.75 Å². The number of hydrogen-bond donors (Lipinski definition) is 0. The third-order valence-corrected chi connectivity index (χ3v) is 1.26. The third-order valence-electron chi connectivity index (χ3n) is 1.03. The molecule has 0 fully saturated rings. The Bertz CT molecular complexity index is 453. The van der Waals surface area contributed by atoms with Crippen molar-refractivity contribution < 1.29 is 26.3 Å². The first-order chi connectivity index (χ1) is 7.47. The standard InChI is InChI=1S/C7H4ClF3O.Cl2O2S/c8-5-2-1-3-6(4-5)12-7(9,10)11;1-5(2,3)4/h1-4H;. The molecule has 1 rings (SSSR count). The summed E-state index contributed by atoms with van der Waals surface area (Å²) < 4.78 is 56.7. The second-order valence-corrected chi connectivity index (χ2v) is 6.49. The van der Waals surface area contributed by atoms with Gasteiger partial charge in [0.2, 0.25) is 0 Å². The minimum atomic E-state index is -4.66. The summed E-state index contributed by atoms with van der Waals surface area (Å²) in [5, 5.41) is 0.205. The van der Waals surface area contributed by atoms with Crippen LogP contribution in [0.5, 0.6) is 5.75 Å². The van der Waals surface area contributed by atoms with E-state index in [0.29, 0.717) is 0 Å². The van der Waals surface area contributed by atoms with Gasteiger partial charge >= 0.3 is 14.6 Å². The molecule has 1 aromatic rings. The van der Waals surface area contributed by atoms with Gasteiger partial charge in [0.15, 0.2) is 0 Å². The van der Waals surface area contributed by atoms with Gasteiger partial charge in [-0.25, -0.2) is 0 Å². The van der Waals surface area contributed by atoms with Gasteiger partial charge in [-0.05, 0) is 18.2 Å². The molecule has 0 spiro atoms. The Hall–Kier alpha value is -0.370. The lowest BCUT2D eigenvalue weighted by Gasteiger charge is -2.07. The summed E-state index contributed by atoms with van der Waals surface area (Å²) in [5.74, 6) is -0.310. The summed E-state index contributed by atoms with van der Waals surface area (Å²) in [6.45, 7) is 0. The lowest BCUT2D eigenvalue weighted by atomic mass is 10.3. The van der Waals surface area contributed by atoms with Crippen LogP contribution in [0.4, 0.5) is 13.2 Å². The molecule has 0 saturated carbocycles. The average Bonchev–Trinajstić information content (AvgIpc) is 1.96. The Balaban J connectivity index is 0.000000437. The van der Waals surface area contributed by atoms with Crippen molar-refractivity contribution >= 4 is 41.2 Å². The van der Waals surface area contributed by atoms with Crippen LogP contribution in [0.3, 0.4) is 0 Å². The van der Waals surface area contributed by atoms with Gasteiger partial charge in [0.1, 0.15) is 5.75 Å². The zero-order valence-corrected chi connectivity index (χ0v) is 10.8. The monoisotopic (exact) mass is 330 g/mol. The normalized spacial score (nSPS) is 11.4. The van der Waals surface area contributed by atoms with E-state index in [1.54, 1.807) is 0 Å². The Kier molecular flexibility index (Phi) is 6.39. The van der Waals surface area contributed by atoms with Crippen LogP contribution in [-0.4, -0.2) is 14.8 Å². The molecule has 17 heavy (non-hydrogen) atoms. The quantitative estimate of drug-likeness (QED) is 0.732. The number of halogens is 6. The van der Waals surface area contributed by atoms with Gasteiger partial charge in [0.05, 0.1) is 0 Å². The Labute approximate surface area is 109 Å². The molecule has 1 aromatic carbocycles. The Morgan fingerprint density at radius 1 is 1.18 bits per heavy atom. The SMILES string of the molecule is FC(F)(F)Oc1cccc(Cl)c1.O=S(=O)(Cl)Cl. The van der Waals surface area contributed by atoms with E-state index in [1.165, 1.54) is 18.2 Å². The van der Waals surface area contributed by atoms with E-state index in [2.05, 4.69) is 26.1 Å². The molecule has 0 bridgehead atoms. The fraction of sp³-hybridized carbons (Fsp3) is 0.143. The first-order valence-electron chi connectivity index (χ1n) is 3.63. The highest BCUT2D eigenvalue weighted by atomic mass is 36.0. The molecular weight excluding hydrogens is 327 g/mol. The number of ether oxygens (including phenoxy) is 1. The van der Waals surface area contributed by atoms with Crippen molar-refractivity contribution in [3.05, 3.63) is 29.3 Å². The maximum Gasteiger partial charge on any atom is 0.573 e. The lowest BCUT2D eigenvalue weighted by molar-refractivity contribution is -0.274. The fourth-order valence-electron chi connectivity index (χ4n) is 0.664. The molecule has 0 aliphatic heterocycles. The van der Waals surface area contributed by atoms with Gasteiger partial charge in [-0.3, -0.25) is 0 Å². The highest BCUT2D eigenvalue weighted by Gasteiger charge is 2.30. The summed E-state index contributed by atoms with van der Waals surface area (Å²) in [6.07, 6.45) is -4.66. The second-order valence-electron chi connectivity index (χ2n) is 2.38. The maximum atomic E-state index is 11.6. The molecule has 0 saturated heterocycles. The van der Waals surface area contributed by atoms with Crippen LogP contribution in [0.1, 0.15) is 0 Å². The molecule has 0 heterocycles. The molecule has 0 amide bonds. The van der Waals surface area contributed by atoms with Crippen molar-refractivity contribution in [2.24, 2.45) is 0 Å². The average molecular weight is 332 g/mol. The predicted molar refractivity (Wildman–Crippen MR) is 58.8 cm³/mol. The van der Waals surface area contributed by atoms with Crippen molar-refractivity contribution in [2.75, 3.05) is 0 Å². The van der Waals surface area contributed by atoms with Crippen LogP contribution < -0.4 is 4.74 Å². The molecule has 0 unspecified atom stereocenters. The van der Waals surface area contributed by atoms with Crippen LogP contribution >= 0.6 is 33.0 Å². The van der Waals surface area contributed by atoms with E-state index in [-0.39, 0.29) is 10.8 Å². The molecule has 98 valence electrons. The van der Waals surface area contributed by atoms with E-state index < -0.39 is 14.6 Å². The van der Waals surface area contributed by atoms with Crippen LogP contribution in [0, 0.1) is 0 Å². The van der Waals surface area contributed by atoms with E-state index >= 15 is 0 Å². The van der Waals surface area contributed by atoms with Crippen molar-refractivity contribution in [1.82, 2.24) is 0 Å². The van der Waals surface area contributed by atoms with E-state index in [0.717, 1.165) is 6.07 Å². The van der Waals surface area contributed by atoms with Crippen molar-refractivity contribution in [2.45, 2.75) is 6.36 Å². The number of alkyl halides is 3. The van der Waals surface area contributed by atoms with Crippen LogP contribution in [0.25, 0.3) is 0 Å². The lowest BCUT2D eigenvalue weighted by Crippen LogP contribution is -2.16. The minimum Gasteiger partial charge on any atom is -0.406 e. The Morgan fingerprint density at radius 2 is 1.65 bits per heavy atom. The molecular formula is C7H4Cl3F3O3S. The smallest absolute Gasteiger partial charge is 0.406 e. The van der Waals surface area contributed by atoms with Crippen molar-refractivity contribution in [1.29, 1.82) is 0 Å². The minimum absolute atomic E-state index is 0.205. The van der Waals surface area contributed by atoms with Gasteiger partial charge in [0, 0.05) is 26.4 Å². The van der Waals surface area contributed by atoms with E-state index in [1.807, 2.05) is 0 Å². The molecule has 3 nitrogen and oxygen atoms in total. The maximum absolute atomic E-state index is 11.6. The molecule has 0 atom stereocenters. The highest BCUT2D eigenvalue weighted by molar-refractivity contribution is 8.31. The molecule has 0 aliphatic carbocycles. The van der Waals surface area contributed by atoms with Gasteiger partial charge in [-0.1, -0.05) is 17.7 Å². The zero-order valence-electron chi connectivity index (χ0n) is 7.71. The van der Waals surface area contributed by atoms with Gasteiger partial charge in [0.25, 0.3) is 0 Å². The van der Waals surface area contributed by atoms with E-state index in [9.17, 15) is 13.2 Å². The van der Waals surface area contributed by atoms with E-state index in [4.69, 9.17) is 20.0 Å². The molecule has 10 heteroatoms. The largest absolute Gasteiger partial charge is 0.573 e. The topological polar surface area (TPSA) is 43.4 Å². The molecule has 0 aliphatic rings. The summed E-state index contributed by atoms with van der Waals surface area (Å²) >= 11 is 5.43. The summed E-state index contributed by atoms with van der Waals surface area (Å²) in [6, 6.07) is 5.11. The first kappa shape index (κ1) is 16.6. The third kappa shape index (κ3) is 13.6. The molecule has 0 radical (unpaired) electrons. The second kappa shape index (κ2) is 6.53. The summed E-state index contributed by atoms with van der Waals surface area (Å²) in [7, 11) is 4.81. The van der Waals surface area contributed by atoms with Crippen LogP contribution in [0.2, 0.25) is 5.02 Å². The number of rotatable bonds is 1. The van der Waals surface area contributed by atoms with Crippen molar-refractivity contribution in [3.63, 3.8) is 0 Å². The number of benzene rings is 1.